The van der Waals surface area contributed by atoms with E-state index in [-0.39, 0.29) is 17.0 Å². The van der Waals surface area contributed by atoms with E-state index in [1.165, 1.54) is 31.2 Å². The quantitative estimate of drug-likeness (QED) is 0.711. The number of rotatable bonds is 6. The Bertz CT molecular complexity index is 791. The molecule has 0 radical (unpaired) electrons. The van der Waals surface area contributed by atoms with Crippen LogP contribution in [0.5, 0.6) is 0 Å². The Morgan fingerprint density at radius 3 is 2.24 bits per heavy atom. The predicted molar refractivity (Wildman–Crippen MR) is 93.9 cm³/mol. The van der Waals surface area contributed by atoms with Gasteiger partial charge in [0.05, 0.1) is 0 Å². The second kappa shape index (κ2) is 7.38. The predicted octanol–water partition coefficient (Wildman–Crippen LogP) is 5.40. The van der Waals surface area contributed by atoms with Crippen LogP contribution in [0, 0.1) is 0 Å². The maximum atomic E-state index is 13.5. The molecule has 5 heteroatoms. The lowest BCUT2D eigenvalue weighted by molar-refractivity contribution is -0.154. The van der Waals surface area contributed by atoms with Crippen LogP contribution in [0.3, 0.4) is 0 Å². The van der Waals surface area contributed by atoms with Crippen LogP contribution in [0.15, 0.2) is 61.7 Å². The van der Waals surface area contributed by atoms with Crippen LogP contribution in [0.25, 0.3) is 11.8 Å². The summed E-state index contributed by atoms with van der Waals surface area (Å²) < 4.78 is 40.6. The van der Waals surface area contributed by atoms with Crippen molar-refractivity contribution in [2.24, 2.45) is 0 Å². The number of alkyl halides is 3. The van der Waals surface area contributed by atoms with Gasteiger partial charge in [-0.05, 0) is 18.1 Å². The van der Waals surface area contributed by atoms with E-state index in [2.05, 4.69) is 18.5 Å². The van der Waals surface area contributed by atoms with Crippen molar-refractivity contribution in [1.82, 2.24) is 5.32 Å². The van der Waals surface area contributed by atoms with Crippen molar-refractivity contribution < 1.29 is 18.0 Å². The maximum absolute atomic E-state index is 13.5. The summed E-state index contributed by atoms with van der Waals surface area (Å²) in [6, 6.07) is 10.4. The maximum Gasteiger partial charge on any atom is 0.412 e. The van der Waals surface area contributed by atoms with Gasteiger partial charge in [0, 0.05) is 16.8 Å². The van der Waals surface area contributed by atoms with Gasteiger partial charge in [-0.25, -0.2) is 0 Å². The van der Waals surface area contributed by atoms with Gasteiger partial charge >= 0.3 is 6.18 Å². The summed E-state index contributed by atoms with van der Waals surface area (Å²) in [5.41, 5.74) is 1.75. The van der Waals surface area contributed by atoms with Crippen LogP contribution < -0.4 is 5.32 Å². The van der Waals surface area contributed by atoms with Crippen LogP contribution in [0.1, 0.15) is 40.0 Å². The molecule has 2 aromatic carbocycles. The summed E-state index contributed by atoms with van der Waals surface area (Å²) in [7, 11) is 0. The number of hydrogen-bond acceptors (Lipinski definition) is 2. The van der Waals surface area contributed by atoms with Gasteiger partial charge in [-0.1, -0.05) is 67.8 Å². The number of carbonyl (C=O) groups is 1. The summed E-state index contributed by atoms with van der Waals surface area (Å²) in [6.07, 6.45) is -2.96. The van der Waals surface area contributed by atoms with Crippen molar-refractivity contribution >= 4 is 17.6 Å². The first-order valence-corrected chi connectivity index (χ1v) is 7.59. The topological polar surface area (TPSA) is 29.1 Å². The molecule has 0 amide bonds. The fraction of sp³-hybridized carbons (Fsp3) is 0.150. The summed E-state index contributed by atoms with van der Waals surface area (Å²) >= 11 is 0. The number of carbonyl (C=O) groups excluding carboxylic acids is 1. The smallest absolute Gasteiger partial charge is 0.370 e. The van der Waals surface area contributed by atoms with Crippen LogP contribution in [0.2, 0.25) is 0 Å². The molecule has 2 rings (SSSR count). The molecule has 0 aliphatic carbocycles. The van der Waals surface area contributed by atoms with Crippen molar-refractivity contribution in [2.75, 3.05) is 0 Å². The largest absolute Gasteiger partial charge is 0.412 e. The number of ketones is 1. The van der Waals surface area contributed by atoms with Gasteiger partial charge in [-0.2, -0.15) is 13.2 Å². The van der Waals surface area contributed by atoms with Crippen LogP contribution >= 0.6 is 0 Å². The van der Waals surface area contributed by atoms with Gasteiger partial charge < -0.3 is 5.32 Å². The Labute approximate surface area is 144 Å². The highest BCUT2D eigenvalue weighted by Gasteiger charge is 2.41. The Morgan fingerprint density at radius 1 is 1.12 bits per heavy atom. The molecule has 0 aliphatic heterocycles. The molecule has 0 aliphatic rings. The van der Waals surface area contributed by atoms with E-state index in [1.807, 2.05) is 0 Å². The fourth-order valence-corrected chi connectivity index (χ4v) is 2.47. The molecule has 1 atom stereocenters. The zero-order valence-electron chi connectivity index (χ0n) is 13.7. The lowest BCUT2D eigenvalue weighted by Crippen LogP contribution is -2.33. The first-order chi connectivity index (χ1) is 11.7. The van der Waals surface area contributed by atoms with Crippen molar-refractivity contribution in [3.05, 3.63) is 83.9 Å². The van der Waals surface area contributed by atoms with Gasteiger partial charge in [-0.15, -0.1) is 0 Å². The van der Waals surface area contributed by atoms with Gasteiger partial charge in [0.1, 0.15) is 6.04 Å². The average molecular weight is 345 g/mol. The first-order valence-electron chi connectivity index (χ1n) is 7.59. The molecule has 130 valence electrons. The molecule has 2 nitrogen and oxygen atoms in total. The number of hydrogen-bond donors (Lipinski definition) is 1. The third-order valence-corrected chi connectivity index (χ3v) is 3.80. The average Bonchev–Trinajstić information content (AvgIpc) is 2.58. The zero-order valence-corrected chi connectivity index (χ0v) is 13.7. The highest BCUT2D eigenvalue weighted by atomic mass is 19.4. The van der Waals surface area contributed by atoms with E-state index >= 15 is 0 Å². The summed E-state index contributed by atoms with van der Waals surface area (Å²) in [5, 5.41) is 2.46. The molecule has 0 spiro atoms. The number of Topliss-reactive ketones (excluding diaryl/α,β-unsaturated/α-hetero) is 1. The van der Waals surface area contributed by atoms with E-state index in [0.29, 0.717) is 16.7 Å². The van der Waals surface area contributed by atoms with E-state index in [1.54, 1.807) is 30.3 Å². The minimum absolute atomic E-state index is 0.00901. The molecule has 0 saturated heterocycles. The van der Waals surface area contributed by atoms with Crippen LogP contribution in [0.4, 0.5) is 13.2 Å². The summed E-state index contributed by atoms with van der Waals surface area (Å²) in [6.45, 7) is 8.77. The van der Waals surface area contributed by atoms with Gasteiger partial charge in [0.2, 0.25) is 0 Å². The van der Waals surface area contributed by atoms with Gasteiger partial charge in [0.15, 0.2) is 5.78 Å². The fourth-order valence-electron chi connectivity index (χ4n) is 2.47. The molecular weight excluding hydrogens is 327 g/mol. The van der Waals surface area contributed by atoms with Gasteiger partial charge in [-0.3, -0.25) is 4.79 Å². The highest BCUT2D eigenvalue weighted by Crippen LogP contribution is 2.35. The van der Waals surface area contributed by atoms with Crippen LogP contribution in [-0.4, -0.2) is 12.0 Å². The van der Waals surface area contributed by atoms with E-state index in [9.17, 15) is 18.0 Å². The monoisotopic (exact) mass is 345 g/mol. The molecule has 1 unspecified atom stereocenters. The van der Waals surface area contributed by atoms with Crippen molar-refractivity contribution in [2.45, 2.75) is 19.1 Å². The lowest BCUT2D eigenvalue weighted by Gasteiger charge is -2.25. The Balaban J connectivity index is 2.34. The Kier molecular flexibility index (Phi) is 5.47. The molecule has 1 N–H and O–H groups in total. The van der Waals surface area contributed by atoms with Crippen molar-refractivity contribution in [1.29, 1.82) is 0 Å². The Hall–Kier alpha value is -2.82. The number of halogens is 3. The third kappa shape index (κ3) is 4.38. The van der Waals surface area contributed by atoms with E-state index in [0.717, 1.165) is 0 Å². The summed E-state index contributed by atoms with van der Waals surface area (Å²) in [4.78, 5) is 11.3. The highest BCUT2D eigenvalue weighted by molar-refractivity contribution is 5.94. The minimum atomic E-state index is -4.52. The van der Waals surface area contributed by atoms with Crippen LogP contribution in [-0.2, 0) is 0 Å². The number of nitrogens with one attached hydrogen (secondary N) is 1. The standard InChI is InChI=1S/C20H18F3NO/c1-4-15-7-5-6-8-18(15)13(2)24-19(20(21,22)23)17-11-9-16(10-12-17)14(3)25/h4-12,19,24H,1-2H2,3H3. The second-order valence-electron chi connectivity index (χ2n) is 5.57. The molecule has 0 fully saturated rings. The normalized spacial score (nSPS) is 12.3. The lowest BCUT2D eigenvalue weighted by atomic mass is 10.0. The number of benzene rings is 2. The molecular formula is C20H18F3NO. The summed E-state index contributed by atoms with van der Waals surface area (Å²) in [5.74, 6) is -0.201. The molecule has 0 saturated carbocycles. The molecule has 2 aromatic rings. The molecule has 0 aromatic heterocycles. The molecule has 25 heavy (non-hydrogen) atoms. The second-order valence-corrected chi connectivity index (χ2v) is 5.57. The third-order valence-electron chi connectivity index (χ3n) is 3.80. The van der Waals surface area contributed by atoms with Crippen molar-refractivity contribution in [3.63, 3.8) is 0 Å². The SMILES string of the molecule is C=Cc1ccccc1C(=C)NC(c1ccc(C(C)=O)cc1)C(F)(F)F. The molecule has 0 bridgehead atoms. The van der Waals surface area contributed by atoms with E-state index in [4.69, 9.17) is 0 Å². The van der Waals surface area contributed by atoms with Gasteiger partial charge in [0.25, 0.3) is 0 Å². The van der Waals surface area contributed by atoms with E-state index < -0.39 is 12.2 Å². The zero-order chi connectivity index (χ0) is 18.6. The minimum Gasteiger partial charge on any atom is -0.370 e. The molecule has 0 heterocycles. The Morgan fingerprint density at radius 2 is 1.72 bits per heavy atom. The van der Waals surface area contributed by atoms with Crippen molar-refractivity contribution in [3.8, 4) is 0 Å². The first kappa shape index (κ1) is 18.5.